The lowest BCUT2D eigenvalue weighted by Gasteiger charge is -2.27. The van der Waals surface area contributed by atoms with E-state index in [0.717, 1.165) is 25.7 Å². The normalized spacial score (nSPS) is 14.6. The fraction of sp³-hybridized carbons (Fsp3) is 0.360. The third kappa shape index (κ3) is 6.10. The maximum Gasteiger partial charge on any atom is 0.224 e. The van der Waals surface area contributed by atoms with Gasteiger partial charge in [0, 0.05) is 35.3 Å². The first-order valence-electron chi connectivity index (χ1n) is 10.6. The van der Waals surface area contributed by atoms with E-state index in [1.54, 1.807) is 48.5 Å². The smallest absolute Gasteiger partial charge is 0.224 e. The molecule has 3 rings (SSSR count). The first kappa shape index (κ1) is 22.4. The van der Waals surface area contributed by atoms with Gasteiger partial charge < -0.3 is 10.6 Å². The molecular formula is C25H28N2O4. The molecule has 0 spiro atoms. The summed E-state index contributed by atoms with van der Waals surface area (Å²) in [5, 5.41) is 5.74. The van der Waals surface area contributed by atoms with Crippen molar-refractivity contribution in [2.24, 2.45) is 5.41 Å². The molecule has 0 saturated heterocycles. The average molecular weight is 421 g/mol. The zero-order valence-corrected chi connectivity index (χ0v) is 18.0. The van der Waals surface area contributed by atoms with Crippen LogP contribution in [0.25, 0.3) is 0 Å². The van der Waals surface area contributed by atoms with Gasteiger partial charge >= 0.3 is 0 Å². The van der Waals surface area contributed by atoms with Gasteiger partial charge in [0.25, 0.3) is 0 Å². The van der Waals surface area contributed by atoms with Crippen LogP contribution >= 0.6 is 0 Å². The number of benzene rings is 2. The highest BCUT2D eigenvalue weighted by atomic mass is 16.2. The minimum atomic E-state index is -0.384. The Balaban J connectivity index is 1.65. The molecule has 2 aromatic carbocycles. The molecule has 2 amide bonds. The molecule has 0 bridgehead atoms. The van der Waals surface area contributed by atoms with Gasteiger partial charge in [-0.1, -0.05) is 37.1 Å². The van der Waals surface area contributed by atoms with Crippen LogP contribution in [0.5, 0.6) is 0 Å². The molecule has 31 heavy (non-hydrogen) atoms. The topological polar surface area (TPSA) is 92.3 Å². The largest absolute Gasteiger partial charge is 0.326 e. The predicted molar refractivity (Wildman–Crippen MR) is 120 cm³/mol. The monoisotopic (exact) mass is 420 g/mol. The third-order valence-corrected chi connectivity index (χ3v) is 5.84. The van der Waals surface area contributed by atoms with Crippen LogP contribution in [-0.4, -0.2) is 23.4 Å². The molecule has 1 fully saturated rings. The maximum absolute atomic E-state index is 12.7. The van der Waals surface area contributed by atoms with Gasteiger partial charge in [-0.3, -0.25) is 19.2 Å². The molecule has 0 aliphatic heterocycles. The van der Waals surface area contributed by atoms with Crippen molar-refractivity contribution < 1.29 is 19.2 Å². The number of Topliss-reactive ketones (excluding diaryl/α,β-unsaturated/α-hetero) is 2. The molecule has 1 saturated carbocycles. The van der Waals surface area contributed by atoms with E-state index in [2.05, 4.69) is 10.6 Å². The van der Waals surface area contributed by atoms with Gasteiger partial charge in [-0.05, 0) is 56.4 Å². The zero-order valence-electron chi connectivity index (χ0n) is 18.0. The van der Waals surface area contributed by atoms with Crippen LogP contribution in [0.15, 0.2) is 48.5 Å². The van der Waals surface area contributed by atoms with E-state index in [1.165, 1.54) is 13.8 Å². The van der Waals surface area contributed by atoms with E-state index in [-0.39, 0.29) is 41.6 Å². The Morgan fingerprint density at radius 3 is 1.55 bits per heavy atom. The van der Waals surface area contributed by atoms with E-state index >= 15 is 0 Å². The maximum atomic E-state index is 12.7. The number of amides is 2. The summed E-state index contributed by atoms with van der Waals surface area (Å²) in [6.07, 6.45) is 4.10. The molecule has 6 heteroatoms. The van der Waals surface area contributed by atoms with Crippen LogP contribution in [0.4, 0.5) is 11.4 Å². The minimum absolute atomic E-state index is 0.0612. The number of nitrogens with one attached hydrogen (secondary N) is 2. The van der Waals surface area contributed by atoms with Gasteiger partial charge in [-0.25, -0.2) is 0 Å². The Kier molecular flexibility index (Phi) is 7.00. The van der Waals surface area contributed by atoms with Crippen molar-refractivity contribution in [2.75, 3.05) is 10.6 Å². The van der Waals surface area contributed by atoms with Crippen molar-refractivity contribution in [3.05, 3.63) is 59.7 Å². The van der Waals surface area contributed by atoms with Crippen LogP contribution in [0.1, 0.15) is 73.1 Å². The Bertz CT molecular complexity index is 931. The Hall–Kier alpha value is -3.28. The average Bonchev–Trinajstić information content (AvgIpc) is 3.15. The van der Waals surface area contributed by atoms with Gasteiger partial charge in [-0.15, -0.1) is 0 Å². The number of anilines is 2. The molecule has 1 aliphatic carbocycles. The second-order valence-electron chi connectivity index (χ2n) is 8.43. The summed E-state index contributed by atoms with van der Waals surface area (Å²) < 4.78 is 0. The summed E-state index contributed by atoms with van der Waals surface area (Å²) in [4.78, 5) is 48.6. The molecule has 162 valence electrons. The van der Waals surface area contributed by atoms with Gasteiger partial charge in [0.2, 0.25) is 11.8 Å². The molecule has 6 nitrogen and oxygen atoms in total. The van der Waals surface area contributed by atoms with Gasteiger partial charge in [0.05, 0.1) is 0 Å². The number of hydrogen-bond acceptors (Lipinski definition) is 4. The first-order valence-corrected chi connectivity index (χ1v) is 10.6. The summed E-state index contributed by atoms with van der Waals surface area (Å²) >= 11 is 0. The second-order valence-corrected chi connectivity index (χ2v) is 8.43. The fourth-order valence-electron chi connectivity index (χ4n) is 4.26. The highest BCUT2D eigenvalue weighted by molar-refractivity contribution is 5.98. The van der Waals surface area contributed by atoms with Crippen molar-refractivity contribution in [1.29, 1.82) is 0 Å². The zero-order chi connectivity index (χ0) is 22.4. The van der Waals surface area contributed by atoms with Crippen LogP contribution in [-0.2, 0) is 9.59 Å². The number of hydrogen-bond donors (Lipinski definition) is 2. The predicted octanol–water partition coefficient (Wildman–Crippen LogP) is 5.01. The van der Waals surface area contributed by atoms with E-state index in [4.69, 9.17) is 0 Å². The Labute approximate surface area is 182 Å². The van der Waals surface area contributed by atoms with Gasteiger partial charge in [0.1, 0.15) is 0 Å². The number of ketones is 2. The lowest BCUT2D eigenvalue weighted by atomic mass is 9.79. The van der Waals surface area contributed by atoms with Crippen LogP contribution < -0.4 is 10.6 Å². The standard InChI is InChI=1S/C25H28N2O4/c1-17(28)19-7-5-9-21(13-19)26-23(30)15-25(11-3-4-12-25)16-24(31)27-22-10-6-8-20(14-22)18(2)29/h5-10,13-14H,3-4,11-12,15-16H2,1-2H3,(H,26,30)(H,27,31). The Morgan fingerprint density at radius 2 is 1.16 bits per heavy atom. The molecule has 0 atom stereocenters. The van der Waals surface area contributed by atoms with Gasteiger partial charge in [-0.2, -0.15) is 0 Å². The first-order chi connectivity index (χ1) is 14.8. The second kappa shape index (κ2) is 9.69. The molecule has 0 aromatic heterocycles. The van der Waals surface area contributed by atoms with Crippen molar-refractivity contribution in [3.8, 4) is 0 Å². The molecule has 0 radical (unpaired) electrons. The number of rotatable bonds is 8. The SMILES string of the molecule is CC(=O)c1cccc(NC(=O)CC2(CC(=O)Nc3cccc(C(C)=O)c3)CCCC2)c1. The van der Waals surface area contributed by atoms with Crippen molar-refractivity contribution >= 4 is 34.8 Å². The van der Waals surface area contributed by atoms with E-state index in [1.807, 2.05) is 0 Å². The molecule has 0 unspecified atom stereocenters. The van der Waals surface area contributed by atoms with Crippen molar-refractivity contribution in [3.63, 3.8) is 0 Å². The molecule has 1 aliphatic rings. The summed E-state index contributed by atoms with van der Waals surface area (Å²) in [6.45, 7) is 2.97. The minimum Gasteiger partial charge on any atom is -0.326 e. The lowest BCUT2D eigenvalue weighted by molar-refractivity contribution is -0.121. The highest BCUT2D eigenvalue weighted by Gasteiger charge is 2.38. The Morgan fingerprint density at radius 1 is 0.742 bits per heavy atom. The lowest BCUT2D eigenvalue weighted by Crippen LogP contribution is -2.30. The van der Waals surface area contributed by atoms with Crippen LogP contribution in [0.3, 0.4) is 0 Å². The van der Waals surface area contributed by atoms with E-state index in [0.29, 0.717) is 22.5 Å². The summed E-state index contributed by atoms with van der Waals surface area (Å²) in [5.41, 5.74) is 1.86. The molecule has 2 aromatic rings. The van der Waals surface area contributed by atoms with Crippen molar-refractivity contribution in [2.45, 2.75) is 52.4 Å². The number of carbonyl (C=O) groups excluding carboxylic acids is 4. The quantitative estimate of drug-likeness (QED) is 0.587. The highest BCUT2D eigenvalue weighted by Crippen LogP contribution is 2.44. The van der Waals surface area contributed by atoms with E-state index < -0.39 is 0 Å². The summed E-state index contributed by atoms with van der Waals surface area (Å²) in [7, 11) is 0. The van der Waals surface area contributed by atoms with Gasteiger partial charge in [0.15, 0.2) is 11.6 Å². The van der Waals surface area contributed by atoms with Crippen molar-refractivity contribution in [1.82, 2.24) is 0 Å². The summed E-state index contributed by atoms with van der Waals surface area (Å²) in [5.74, 6) is -0.439. The number of carbonyl (C=O) groups is 4. The van der Waals surface area contributed by atoms with Crippen LogP contribution in [0.2, 0.25) is 0 Å². The van der Waals surface area contributed by atoms with Crippen LogP contribution in [0, 0.1) is 5.41 Å². The molecular weight excluding hydrogens is 392 g/mol. The van der Waals surface area contributed by atoms with E-state index in [9.17, 15) is 19.2 Å². The third-order valence-electron chi connectivity index (χ3n) is 5.84. The molecule has 0 heterocycles. The summed E-state index contributed by atoms with van der Waals surface area (Å²) in [6, 6.07) is 13.7. The molecule has 2 N–H and O–H groups in total. The fourth-order valence-corrected chi connectivity index (χ4v) is 4.26.